The van der Waals surface area contributed by atoms with E-state index >= 15 is 0 Å². The Morgan fingerprint density at radius 1 is 1.57 bits per heavy atom. The zero-order valence-electron chi connectivity index (χ0n) is 3.70. The molecule has 1 nitrogen and oxygen atoms in total. The summed E-state index contributed by atoms with van der Waals surface area (Å²) in [7, 11) is 9.75. The molecule has 0 aliphatic rings. The van der Waals surface area contributed by atoms with Crippen LogP contribution in [0, 0.1) is 6.92 Å². The van der Waals surface area contributed by atoms with Crippen molar-refractivity contribution >= 4 is 19.4 Å². The molecule has 0 rings (SSSR count). The first kappa shape index (κ1) is 15.7. The SMILES string of the molecule is C=C[CH2-].[Cl][RuH][Cl].[NH2-]. The van der Waals surface area contributed by atoms with E-state index in [-0.39, 0.29) is 6.15 Å². The third-order valence-corrected chi connectivity index (χ3v) is 0. The average molecular weight is 230 g/mol. The normalized spacial score (nSPS) is 4.86. The molecule has 0 aromatic heterocycles. The molecule has 0 saturated heterocycles. The van der Waals surface area contributed by atoms with E-state index < -0.39 is 15.1 Å². The molecule has 0 atom stereocenters. The van der Waals surface area contributed by atoms with Gasteiger partial charge in [-0.3, -0.25) is 0 Å². The van der Waals surface area contributed by atoms with Crippen LogP contribution in [0.4, 0.5) is 0 Å². The monoisotopic (exact) mass is 230 g/mol. The van der Waals surface area contributed by atoms with E-state index in [4.69, 9.17) is 19.4 Å². The summed E-state index contributed by atoms with van der Waals surface area (Å²) in [6.07, 6.45) is 1.50. The second kappa shape index (κ2) is 29.4. The van der Waals surface area contributed by atoms with E-state index in [2.05, 4.69) is 13.5 Å². The van der Waals surface area contributed by atoms with Gasteiger partial charge in [0.05, 0.1) is 0 Å². The van der Waals surface area contributed by atoms with Crippen LogP contribution in [0.15, 0.2) is 12.7 Å². The Bertz CT molecular complexity index is 26.9. The predicted octanol–water partition coefficient (Wildman–Crippen LogP) is 2.83. The Hall–Kier alpha value is 0.773. The van der Waals surface area contributed by atoms with Gasteiger partial charge in [-0.05, 0) is 0 Å². The first-order valence-electron chi connectivity index (χ1n) is 1.10. The molecular formula is C3H8Cl2NRu-2. The van der Waals surface area contributed by atoms with Crippen molar-refractivity contribution in [3.05, 3.63) is 25.7 Å². The second-order valence-electron chi connectivity index (χ2n) is 0.343. The Morgan fingerprint density at radius 2 is 1.57 bits per heavy atom. The number of rotatable bonds is 0. The quantitative estimate of drug-likeness (QED) is 0.453. The van der Waals surface area contributed by atoms with Gasteiger partial charge < -0.3 is 6.15 Å². The maximum absolute atomic E-state index is 4.87. The number of allylic oxidation sites excluding steroid dienone is 1. The molecule has 0 fully saturated rings. The topological polar surface area (TPSA) is 33.5 Å². The fourth-order valence-corrected chi connectivity index (χ4v) is 0. The maximum atomic E-state index is 4.87. The number of nitrogens with two attached hydrogens (primary N) is 1. The summed E-state index contributed by atoms with van der Waals surface area (Å²) in [5.74, 6) is 0. The summed E-state index contributed by atoms with van der Waals surface area (Å²) in [6.45, 7) is 6.50. The van der Waals surface area contributed by atoms with Crippen molar-refractivity contribution in [2.75, 3.05) is 0 Å². The van der Waals surface area contributed by atoms with Crippen LogP contribution in [0.5, 0.6) is 0 Å². The first-order chi connectivity index (χ1) is 2.83. The van der Waals surface area contributed by atoms with Gasteiger partial charge in [-0.1, -0.05) is 0 Å². The molecule has 4 heteroatoms. The van der Waals surface area contributed by atoms with Gasteiger partial charge in [0, 0.05) is 0 Å². The third-order valence-electron chi connectivity index (χ3n) is 0. The van der Waals surface area contributed by atoms with Crippen LogP contribution in [0.3, 0.4) is 0 Å². The van der Waals surface area contributed by atoms with Crippen LogP contribution >= 0.6 is 19.4 Å². The molecule has 0 radical (unpaired) electrons. The van der Waals surface area contributed by atoms with E-state index in [0.29, 0.717) is 0 Å². The van der Waals surface area contributed by atoms with Crippen molar-refractivity contribution < 1.29 is 15.1 Å². The Balaban J connectivity index is -0.0000000400. The van der Waals surface area contributed by atoms with Crippen molar-refractivity contribution in [1.29, 1.82) is 0 Å². The summed E-state index contributed by atoms with van der Waals surface area (Å²) < 4.78 is 0. The molecule has 0 unspecified atom stereocenters. The van der Waals surface area contributed by atoms with Crippen LogP contribution in [0.1, 0.15) is 0 Å². The van der Waals surface area contributed by atoms with Gasteiger partial charge in [0.15, 0.2) is 0 Å². The maximum Gasteiger partial charge on any atom is -0.693 e. The van der Waals surface area contributed by atoms with Crippen LogP contribution in [0.2, 0.25) is 0 Å². The van der Waals surface area contributed by atoms with E-state index in [1.54, 1.807) is 0 Å². The van der Waals surface area contributed by atoms with Crippen molar-refractivity contribution in [3.8, 4) is 0 Å². The zero-order valence-corrected chi connectivity index (χ0v) is 7.07. The Kier molecular flexibility index (Phi) is 65.6. The minimum atomic E-state index is -0.466. The van der Waals surface area contributed by atoms with E-state index in [0.717, 1.165) is 0 Å². The van der Waals surface area contributed by atoms with Gasteiger partial charge in [0.1, 0.15) is 0 Å². The van der Waals surface area contributed by atoms with E-state index in [1.165, 1.54) is 6.08 Å². The summed E-state index contributed by atoms with van der Waals surface area (Å²) in [5.41, 5.74) is 0. The molecule has 0 bridgehead atoms. The number of hydrogen-bond acceptors (Lipinski definition) is 0. The van der Waals surface area contributed by atoms with Crippen molar-refractivity contribution in [2.24, 2.45) is 0 Å². The van der Waals surface area contributed by atoms with Crippen LogP contribution in [-0.4, -0.2) is 0 Å². The Morgan fingerprint density at radius 3 is 1.57 bits per heavy atom. The molecule has 2 N–H and O–H groups in total. The minimum absolute atomic E-state index is 0. The minimum Gasteiger partial charge on any atom is -0.693 e. The van der Waals surface area contributed by atoms with Gasteiger partial charge in [0.2, 0.25) is 0 Å². The summed E-state index contributed by atoms with van der Waals surface area (Å²) >= 11 is -0.466. The van der Waals surface area contributed by atoms with Crippen molar-refractivity contribution in [1.82, 2.24) is 0 Å². The van der Waals surface area contributed by atoms with Crippen LogP contribution < -0.4 is 0 Å². The predicted molar refractivity (Wildman–Crippen MR) is 33.9 cm³/mol. The average Bonchev–Trinajstić information content (AvgIpc) is 1.39. The molecule has 0 amide bonds. The largest absolute Gasteiger partial charge is 0.693 e. The van der Waals surface area contributed by atoms with Gasteiger partial charge >= 0.3 is 34.5 Å². The number of hydrogen-bond donors (Lipinski definition) is 0. The molecule has 0 saturated carbocycles. The molecule has 0 aromatic rings. The fraction of sp³-hybridized carbons (Fsp3) is 0. The smallest absolute Gasteiger partial charge is 0.693 e. The third kappa shape index (κ3) is 258. The molecule has 7 heavy (non-hydrogen) atoms. The zero-order chi connectivity index (χ0) is 5.41. The molecule has 0 heterocycles. The fourth-order valence-electron chi connectivity index (χ4n) is 0. The number of halogens is 2. The summed E-state index contributed by atoms with van der Waals surface area (Å²) in [6, 6.07) is 0. The summed E-state index contributed by atoms with van der Waals surface area (Å²) in [5, 5.41) is 0. The molecule has 49 valence electrons. The second-order valence-corrected chi connectivity index (χ2v) is 3.16. The Labute approximate surface area is 60.3 Å². The molecule has 0 aliphatic carbocycles. The van der Waals surface area contributed by atoms with Gasteiger partial charge in [0.25, 0.3) is 0 Å². The summed E-state index contributed by atoms with van der Waals surface area (Å²) in [4.78, 5) is 0. The molecular weight excluding hydrogens is 222 g/mol. The van der Waals surface area contributed by atoms with Crippen molar-refractivity contribution in [3.63, 3.8) is 0 Å². The molecule has 0 spiro atoms. The van der Waals surface area contributed by atoms with Crippen LogP contribution in [-0.2, 0) is 15.1 Å². The van der Waals surface area contributed by atoms with Gasteiger partial charge in [-0.2, -0.15) is 0 Å². The van der Waals surface area contributed by atoms with Gasteiger partial charge in [-0.25, -0.2) is 19.6 Å². The first-order valence-corrected chi connectivity index (χ1v) is 5.89. The van der Waals surface area contributed by atoms with Crippen molar-refractivity contribution in [2.45, 2.75) is 0 Å². The standard InChI is InChI=1S/C3H5.2ClH.H2N.Ru.H/c1-3-2;;;;;/h3H,1-2H2;2*1H;1H2;;/q-1;;;-1;+2;/p-2. The van der Waals surface area contributed by atoms with E-state index in [9.17, 15) is 0 Å². The van der Waals surface area contributed by atoms with Gasteiger partial charge in [-0.15, -0.1) is 0 Å². The van der Waals surface area contributed by atoms with E-state index in [1.807, 2.05) is 0 Å². The molecule has 0 aliphatic heterocycles. The van der Waals surface area contributed by atoms with Crippen LogP contribution in [0.25, 0.3) is 6.15 Å². The molecule has 0 aromatic carbocycles.